The van der Waals surface area contributed by atoms with E-state index in [2.05, 4.69) is 0 Å². The lowest BCUT2D eigenvalue weighted by Crippen LogP contribution is -2.42. The second-order valence-corrected chi connectivity index (χ2v) is 8.37. The van der Waals surface area contributed by atoms with E-state index in [-0.39, 0.29) is 6.04 Å². The lowest BCUT2D eigenvalue weighted by Gasteiger charge is -2.33. The molecule has 0 saturated carbocycles. The van der Waals surface area contributed by atoms with Gasteiger partial charge in [-0.3, -0.25) is 0 Å². The number of nitrogens with two attached hydrogens (primary N) is 1. The van der Waals surface area contributed by atoms with Crippen molar-refractivity contribution in [2.45, 2.75) is 30.7 Å². The Hall–Kier alpha value is -1.69. The molecule has 4 nitrogen and oxygen atoms in total. The fourth-order valence-corrected chi connectivity index (χ4v) is 5.01. The van der Waals surface area contributed by atoms with Gasteiger partial charge in [-0.05, 0) is 37.3 Å². The van der Waals surface area contributed by atoms with Gasteiger partial charge in [0.15, 0.2) is 0 Å². The van der Waals surface area contributed by atoms with Crippen LogP contribution in [0.5, 0.6) is 0 Å². The second kappa shape index (κ2) is 7.05. The number of benzene rings is 2. The van der Waals surface area contributed by atoms with Gasteiger partial charge in [-0.25, -0.2) is 8.42 Å². The summed E-state index contributed by atoms with van der Waals surface area (Å²) < 4.78 is 27.9. The van der Waals surface area contributed by atoms with E-state index in [4.69, 9.17) is 5.73 Å². The maximum Gasteiger partial charge on any atom is 0.243 e. The molecule has 1 atom stereocenters. The predicted octanol–water partition coefficient (Wildman–Crippen LogP) is 3.10. The standard InChI is InChI=1S/C19H24N2O2S/c1-15(20)16-11-13-21(14-12-16)24(22,23)19-10-6-5-9-18(19)17-7-3-2-4-8-17/h2-10,15-16H,11-14,20H2,1H3. The molecular formula is C19H24N2O2S. The van der Waals surface area contributed by atoms with Crippen molar-refractivity contribution in [3.05, 3.63) is 54.6 Å². The third-order valence-corrected chi connectivity index (χ3v) is 6.79. The maximum absolute atomic E-state index is 13.2. The Morgan fingerprint density at radius 1 is 1.00 bits per heavy atom. The van der Waals surface area contributed by atoms with Crippen LogP contribution in [0.1, 0.15) is 19.8 Å². The second-order valence-electron chi connectivity index (χ2n) is 6.46. The van der Waals surface area contributed by atoms with Crippen molar-refractivity contribution >= 4 is 10.0 Å². The van der Waals surface area contributed by atoms with Crippen molar-refractivity contribution < 1.29 is 8.42 Å². The average molecular weight is 344 g/mol. The summed E-state index contributed by atoms with van der Waals surface area (Å²) in [6, 6.07) is 17.0. The summed E-state index contributed by atoms with van der Waals surface area (Å²) in [7, 11) is -3.50. The van der Waals surface area contributed by atoms with Gasteiger partial charge in [0.2, 0.25) is 10.0 Å². The Balaban J connectivity index is 1.92. The first-order valence-corrected chi connectivity index (χ1v) is 9.84. The van der Waals surface area contributed by atoms with Gasteiger partial charge in [-0.1, -0.05) is 48.5 Å². The molecule has 0 aromatic heterocycles. The Morgan fingerprint density at radius 2 is 1.58 bits per heavy atom. The minimum Gasteiger partial charge on any atom is -0.328 e. The molecule has 0 aliphatic carbocycles. The number of piperidine rings is 1. The molecule has 2 N–H and O–H groups in total. The summed E-state index contributed by atoms with van der Waals surface area (Å²) in [5, 5.41) is 0. The summed E-state index contributed by atoms with van der Waals surface area (Å²) in [5.74, 6) is 0.404. The summed E-state index contributed by atoms with van der Waals surface area (Å²) >= 11 is 0. The van der Waals surface area contributed by atoms with E-state index in [1.54, 1.807) is 16.4 Å². The molecule has 5 heteroatoms. The maximum atomic E-state index is 13.2. The topological polar surface area (TPSA) is 63.4 Å². The van der Waals surface area contributed by atoms with Crippen LogP contribution >= 0.6 is 0 Å². The Bertz CT molecular complexity index is 780. The van der Waals surface area contributed by atoms with Gasteiger partial charge in [0.05, 0.1) is 4.90 Å². The van der Waals surface area contributed by atoms with E-state index in [0.29, 0.717) is 23.9 Å². The summed E-state index contributed by atoms with van der Waals surface area (Å²) in [5.41, 5.74) is 7.64. The molecule has 0 spiro atoms. The Morgan fingerprint density at radius 3 is 2.21 bits per heavy atom. The van der Waals surface area contributed by atoms with E-state index in [1.165, 1.54) is 0 Å². The zero-order valence-electron chi connectivity index (χ0n) is 13.9. The molecular weight excluding hydrogens is 320 g/mol. The van der Waals surface area contributed by atoms with Crippen molar-refractivity contribution in [3.63, 3.8) is 0 Å². The molecule has 0 amide bonds. The molecule has 1 aliphatic heterocycles. The normalized spacial score (nSPS) is 18.4. The van der Waals surface area contributed by atoms with Crippen LogP contribution in [-0.4, -0.2) is 31.9 Å². The molecule has 1 saturated heterocycles. The fraction of sp³-hybridized carbons (Fsp3) is 0.368. The Kier molecular flexibility index (Phi) is 5.04. The van der Waals surface area contributed by atoms with Gasteiger partial charge < -0.3 is 5.73 Å². The smallest absolute Gasteiger partial charge is 0.243 e. The van der Waals surface area contributed by atoms with Gasteiger partial charge in [0, 0.05) is 24.7 Å². The quantitative estimate of drug-likeness (QED) is 0.927. The van der Waals surface area contributed by atoms with Crippen LogP contribution in [0.4, 0.5) is 0 Å². The number of sulfonamides is 1. The van der Waals surface area contributed by atoms with Crippen molar-refractivity contribution in [2.24, 2.45) is 11.7 Å². The minimum atomic E-state index is -3.50. The fourth-order valence-electron chi connectivity index (χ4n) is 3.33. The zero-order valence-corrected chi connectivity index (χ0v) is 14.7. The van der Waals surface area contributed by atoms with Crippen molar-refractivity contribution in [1.82, 2.24) is 4.31 Å². The summed E-state index contributed by atoms with van der Waals surface area (Å²) in [6.45, 7) is 3.08. The lowest BCUT2D eigenvalue weighted by molar-refractivity contribution is 0.251. The number of hydrogen-bond acceptors (Lipinski definition) is 3. The number of nitrogens with zero attached hydrogens (tertiary/aromatic N) is 1. The first kappa shape index (κ1) is 17.1. The first-order chi connectivity index (χ1) is 11.5. The third-order valence-electron chi connectivity index (χ3n) is 4.83. The molecule has 1 fully saturated rings. The molecule has 3 rings (SSSR count). The van der Waals surface area contributed by atoms with Crippen molar-refractivity contribution in [3.8, 4) is 11.1 Å². The zero-order chi connectivity index (χ0) is 17.2. The van der Waals surface area contributed by atoms with E-state index in [1.807, 2.05) is 49.4 Å². The van der Waals surface area contributed by atoms with Crippen LogP contribution < -0.4 is 5.73 Å². The largest absolute Gasteiger partial charge is 0.328 e. The van der Waals surface area contributed by atoms with Crippen LogP contribution in [0.2, 0.25) is 0 Å². The molecule has 1 aliphatic rings. The van der Waals surface area contributed by atoms with Crippen LogP contribution in [0.15, 0.2) is 59.5 Å². The van der Waals surface area contributed by atoms with Gasteiger partial charge in [-0.2, -0.15) is 4.31 Å². The van der Waals surface area contributed by atoms with Crippen LogP contribution in [-0.2, 0) is 10.0 Å². The molecule has 2 aromatic rings. The highest BCUT2D eigenvalue weighted by atomic mass is 32.2. The van der Waals surface area contributed by atoms with Gasteiger partial charge >= 0.3 is 0 Å². The van der Waals surface area contributed by atoms with E-state index in [0.717, 1.165) is 24.0 Å². The predicted molar refractivity (Wildman–Crippen MR) is 97.0 cm³/mol. The molecule has 1 heterocycles. The number of rotatable bonds is 4. The molecule has 128 valence electrons. The van der Waals surface area contributed by atoms with Crippen molar-refractivity contribution in [1.29, 1.82) is 0 Å². The van der Waals surface area contributed by atoms with Gasteiger partial charge in [0.25, 0.3) is 0 Å². The summed E-state index contributed by atoms with van der Waals surface area (Å²) in [4.78, 5) is 0.385. The molecule has 24 heavy (non-hydrogen) atoms. The van der Waals surface area contributed by atoms with E-state index < -0.39 is 10.0 Å². The highest BCUT2D eigenvalue weighted by molar-refractivity contribution is 7.89. The molecule has 1 unspecified atom stereocenters. The highest BCUT2D eigenvalue weighted by Crippen LogP contribution is 2.31. The highest BCUT2D eigenvalue weighted by Gasteiger charge is 2.31. The van der Waals surface area contributed by atoms with Crippen LogP contribution in [0.25, 0.3) is 11.1 Å². The monoisotopic (exact) mass is 344 g/mol. The molecule has 0 bridgehead atoms. The van der Waals surface area contributed by atoms with Crippen LogP contribution in [0, 0.1) is 5.92 Å². The van der Waals surface area contributed by atoms with Crippen molar-refractivity contribution in [2.75, 3.05) is 13.1 Å². The number of hydrogen-bond donors (Lipinski definition) is 1. The minimum absolute atomic E-state index is 0.117. The summed E-state index contributed by atoms with van der Waals surface area (Å²) in [6.07, 6.45) is 1.65. The lowest BCUT2D eigenvalue weighted by atomic mass is 9.92. The van der Waals surface area contributed by atoms with Crippen LogP contribution in [0.3, 0.4) is 0 Å². The molecule has 2 aromatic carbocycles. The van der Waals surface area contributed by atoms with E-state index in [9.17, 15) is 8.42 Å². The Labute approximate surface area is 144 Å². The van der Waals surface area contributed by atoms with E-state index >= 15 is 0 Å². The molecule has 0 radical (unpaired) electrons. The van der Waals surface area contributed by atoms with Gasteiger partial charge in [-0.15, -0.1) is 0 Å². The SMILES string of the molecule is CC(N)C1CCN(S(=O)(=O)c2ccccc2-c2ccccc2)CC1. The average Bonchev–Trinajstić information content (AvgIpc) is 2.62. The third kappa shape index (κ3) is 3.38. The van der Waals surface area contributed by atoms with Gasteiger partial charge in [0.1, 0.15) is 0 Å². The first-order valence-electron chi connectivity index (χ1n) is 8.40.